The molecule has 106 valence electrons. The lowest BCUT2D eigenvalue weighted by Gasteiger charge is -2.29. The Hall–Kier alpha value is -1.81. The van der Waals surface area contributed by atoms with Crippen molar-refractivity contribution in [1.29, 1.82) is 0 Å². The molecule has 1 atom stereocenters. The van der Waals surface area contributed by atoms with Crippen LogP contribution in [0.2, 0.25) is 0 Å². The van der Waals surface area contributed by atoms with Gasteiger partial charge in [0.15, 0.2) is 0 Å². The summed E-state index contributed by atoms with van der Waals surface area (Å²) >= 11 is 0. The van der Waals surface area contributed by atoms with Crippen LogP contribution in [0.15, 0.2) is 30.5 Å². The van der Waals surface area contributed by atoms with E-state index in [1.54, 1.807) is 7.11 Å². The molecule has 1 aromatic carbocycles. The third-order valence-electron chi connectivity index (χ3n) is 4.04. The van der Waals surface area contributed by atoms with Crippen molar-refractivity contribution in [2.24, 2.45) is 0 Å². The molecule has 4 nitrogen and oxygen atoms in total. The second-order valence-electron chi connectivity index (χ2n) is 5.15. The Morgan fingerprint density at radius 1 is 1.40 bits per heavy atom. The minimum Gasteiger partial charge on any atom is -0.497 e. The van der Waals surface area contributed by atoms with Crippen molar-refractivity contribution in [2.45, 2.75) is 19.4 Å². The average molecular weight is 271 g/mol. The Kier molecular flexibility index (Phi) is 3.74. The van der Waals surface area contributed by atoms with E-state index in [9.17, 15) is 0 Å². The highest BCUT2D eigenvalue weighted by atomic mass is 16.5. The highest BCUT2D eigenvalue weighted by Gasteiger charge is 2.23. The molecule has 1 N–H and O–H groups in total. The number of pyridine rings is 1. The maximum atomic E-state index is 5.36. The van der Waals surface area contributed by atoms with E-state index >= 15 is 0 Å². The van der Waals surface area contributed by atoms with Crippen molar-refractivity contribution >= 4 is 16.6 Å². The molecule has 1 aliphatic rings. The number of nitrogens with one attached hydrogen (secondary N) is 1. The first-order chi connectivity index (χ1) is 9.83. The Labute approximate surface area is 119 Å². The van der Waals surface area contributed by atoms with E-state index < -0.39 is 0 Å². The molecule has 2 aromatic rings. The van der Waals surface area contributed by atoms with Gasteiger partial charge in [0.05, 0.1) is 7.11 Å². The number of rotatable bonds is 4. The summed E-state index contributed by atoms with van der Waals surface area (Å²) in [6, 6.07) is 8.77. The molecule has 2 heterocycles. The fraction of sp³-hybridized carbons (Fsp3) is 0.438. The number of fused-ring (bicyclic) bond motifs is 1. The van der Waals surface area contributed by atoms with Crippen LogP contribution in [0.1, 0.15) is 13.3 Å². The van der Waals surface area contributed by atoms with Crippen LogP contribution in [0.4, 0.5) is 5.82 Å². The van der Waals surface area contributed by atoms with Gasteiger partial charge in [-0.1, -0.05) is 6.07 Å². The molecule has 0 spiro atoms. The summed E-state index contributed by atoms with van der Waals surface area (Å²) in [7, 11) is 1.70. The fourth-order valence-electron chi connectivity index (χ4n) is 2.97. The van der Waals surface area contributed by atoms with Crippen LogP contribution < -0.4 is 15.0 Å². The average Bonchev–Trinajstić information content (AvgIpc) is 3.02. The van der Waals surface area contributed by atoms with Crippen LogP contribution >= 0.6 is 0 Å². The number of aromatic nitrogens is 1. The van der Waals surface area contributed by atoms with Gasteiger partial charge in [0.1, 0.15) is 11.6 Å². The van der Waals surface area contributed by atoms with Gasteiger partial charge in [0, 0.05) is 30.7 Å². The van der Waals surface area contributed by atoms with Crippen molar-refractivity contribution in [3.63, 3.8) is 0 Å². The minimum absolute atomic E-state index is 0.532. The number of hydrogen-bond acceptors (Lipinski definition) is 4. The predicted octanol–water partition coefficient (Wildman–Crippen LogP) is 2.43. The number of benzene rings is 1. The number of likely N-dealkylation sites (N-methyl/N-ethyl adjacent to an activating group) is 1. The standard InChI is InChI=1S/C16H21N3O/c1-3-19(13-7-8-17-11-13)16-15-10-14(20-2)5-4-12(15)6-9-18-16/h4-6,9-10,13,17H,3,7-8,11H2,1-2H3. The number of hydrogen-bond donors (Lipinski definition) is 1. The Bertz CT molecular complexity index is 593. The van der Waals surface area contributed by atoms with E-state index in [1.807, 2.05) is 12.3 Å². The highest BCUT2D eigenvalue weighted by molar-refractivity contribution is 5.93. The number of ether oxygens (including phenoxy) is 1. The third-order valence-corrected chi connectivity index (χ3v) is 4.04. The molecule has 0 radical (unpaired) electrons. The summed E-state index contributed by atoms with van der Waals surface area (Å²) in [6.45, 7) is 5.29. The van der Waals surface area contributed by atoms with Crippen molar-refractivity contribution in [1.82, 2.24) is 10.3 Å². The van der Waals surface area contributed by atoms with Gasteiger partial charge in [0.25, 0.3) is 0 Å². The first-order valence-corrected chi connectivity index (χ1v) is 7.23. The molecular weight excluding hydrogens is 250 g/mol. The summed E-state index contributed by atoms with van der Waals surface area (Å²) in [5, 5.41) is 5.81. The predicted molar refractivity (Wildman–Crippen MR) is 82.6 cm³/mol. The minimum atomic E-state index is 0.532. The van der Waals surface area contributed by atoms with E-state index in [2.05, 4.69) is 40.3 Å². The number of nitrogens with zero attached hydrogens (tertiary/aromatic N) is 2. The zero-order valence-electron chi connectivity index (χ0n) is 12.1. The van der Waals surface area contributed by atoms with E-state index in [-0.39, 0.29) is 0 Å². The third kappa shape index (κ3) is 2.31. The molecule has 1 aliphatic heterocycles. The van der Waals surface area contributed by atoms with Crippen molar-refractivity contribution < 1.29 is 4.74 Å². The first kappa shape index (κ1) is 13.2. The van der Waals surface area contributed by atoms with Gasteiger partial charge < -0.3 is 15.0 Å². The maximum Gasteiger partial charge on any atom is 0.136 e. The van der Waals surface area contributed by atoms with E-state index in [0.29, 0.717) is 6.04 Å². The van der Waals surface area contributed by atoms with Crippen LogP contribution in [-0.2, 0) is 0 Å². The number of methoxy groups -OCH3 is 1. The molecule has 3 rings (SSSR count). The number of anilines is 1. The Morgan fingerprint density at radius 2 is 2.30 bits per heavy atom. The van der Waals surface area contributed by atoms with Crippen LogP contribution in [0.25, 0.3) is 10.8 Å². The van der Waals surface area contributed by atoms with E-state index in [1.165, 1.54) is 17.2 Å². The van der Waals surface area contributed by atoms with Gasteiger partial charge >= 0.3 is 0 Å². The quantitative estimate of drug-likeness (QED) is 0.927. The van der Waals surface area contributed by atoms with Gasteiger partial charge in [-0.2, -0.15) is 0 Å². The topological polar surface area (TPSA) is 37.4 Å². The van der Waals surface area contributed by atoms with Crippen molar-refractivity contribution in [3.05, 3.63) is 30.5 Å². The van der Waals surface area contributed by atoms with Crippen LogP contribution in [0, 0.1) is 0 Å². The van der Waals surface area contributed by atoms with Crippen LogP contribution in [0.3, 0.4) is 0 Å². The molecule has 0 saturated carbocycles. The molecule has 1 unspecified atom stereocenters. The van der Waals surface area contributed by atoms with Gasteiger partial charge in [0.2, 0.25) is 0 Å². The zero-order valence-corrected chi connectivity index (χ0v) is 12.1. The molecular formula is C16H21N3O. The van der Waals surface area contributed by atoms with E-state index in [4.69, 9.17) is 4.74 Å². The van der Waals surface area contributed by atoms with Gasteiger partial charge in [-0.3, -0.25) is 0 Å². The molecule has 4 heteroatoms. The zero-order chi connectivity index (χ0) is 13.9. The fourth-order valence-corrected chi connectivity index (χ4v) is 2.97. The Morgan fingerprint density at radius 3 is 3.00 bits per heavy atom. The monoisotopic (exact) mass is 271 g/mol. The SMILES string of the molecule is CCN(c1nccc2ccc(OC)cc12)C1CCNC1. The summed E-state index contributed by atoms with van der Waals surface area (Å²) in [5.74, 6) is 1.95. The molecule has 1 saturated heterocycles. The van der Waals surface area contributed by atoms with Crippen molar-refractivity contribution in [2.75, 3.05) is 31.6 Å². The van der Waals surface area contributed by atoms with Gasteiger partial charge in [-0.25, -0.2) is 4.98 Å². The molecule has 0 aliphatic carbocycles. The summed E-state index contributed by atoms with van der Waals surface area (Å²) < 4.78 is 5.36. The Balaban J connectivity index is 2.08. The largest absolute Gasteiger partial charge is 0.497 e. The second kappa shape index (κ2) is 5.67. The second-order valence-corrected chi connectivity index (χ2v) is 5.15. The maximum absolute atomic E-state index is 5.36. The molecule has 0 amide bonds. The van der Waals surface area contributed by atoms with Gasteiger partial charge in [-0.05, 0) is 43.5 Å². The normalized spacial score (nSPS) is 18.4. The lowest BCUT2D eigenvalue weighted by molar-refractivity contribution is 0.415. The van der Waals surface area contributed by atoms with E-state index in [0.717, 1.165) is 31.2 Å². The summed E-state index contributed by atoms with van der Waals surface area (Å²) in [5.41, 5.74) is 0. The first-order valence-electron chi connectivity index (χ1n) is 7.23. The highest BCUT2D eigenvalue weighted by Crippen LogP contribution is 2.30. The van der Waals surface area contributed by atoms with Crippen molar-refractivity contribution in [3.8, 4) is 5.75 Å². The lowest BCUT2D eigenvalue weighted by Crippen LogP contribution is -2.37. The van der Waals surface area contributed by atoms with Gasteiger partial charge in [-0.15, -0.1) is 0 Å². The van der Waals surface area contributed by atoms with Crippen LogP contribution in [-0.4, -0.2) is 37.8 Å². The van der Waals surface area contributed by atoms with Crippen LogP contribution in [0.5, 0.6) is 5.75 Å². The summed E-state index contributed by atoms with van der Waals surface area (Å²) in [6.07, 6.45) is 3.07. The molecule has 1 aromatic heterocycles. The smallest absolute Gasteiger partial charge is 0.136 e. The lowest BCUT2D eigenvalue weighted by atomic mass is 10.1. The molecule has 0 bridgehead atoms. The molecule has 20 heavy (non-hydrogen) atoms. The molecule has 1 fully saturated rings. The summed E-state index contributed by atoms with van der Waals surface area (Å²) in [4.78, 5) is 7.05.